The SMILES string of the molecule is Cc1c(-c2cccc3c2C=CC3)c(C(N)=O)c2c(C)c1[Si](C)(C)[Si](C)(C)[Si]2(C)C. The quantitative estimate of drug-likeness (QED) is 0.700. The van der Waals surface area contributed by atoms with Crippen molar-refractivity contribution in [2.45, 2.75) is 59.6 Å². The first-order valence-electron chi connectivity index (χ1n) is 10.6. The van der Waals surface area contributed by atoms with Gasteiger partial charge in [-0.25, -0.2) is 0 Å². The summed E-state index contributed by atoms with van der Waals surface area (Å²) in [6.45, 7) is 19.9. The van der Waals surface area contributed by atoms with Crippen molar-refractivity contribution in [2.75, 3.05) is 0 Å². The molecule has 0 saturated carbocycles. The molecule has 0 saturated heterocycles. The summed E-state index contributed by atoms with van der Waals surface area (Å²) < 4.78 is 0. The van der Waals surface area contributed by atoms with Crippen LogP contribution < -0.4 is 16.1 Å². The van der Waals surface area contributed by atoms with Gasteiger partial charge in [-0.3, -0.25) is 4.79 Å². The Balaban J connectivity index is 2.24. The number of rotatable bonds is 2. The molecule has 1 heterocycles. The highest BCUT2D eigenvalue weighted by Crippen LogP contribution is 2.41. The predicted octanol–water partition coefficient (Wildman–Crippen LogP) is 4.35. The summed E-state index contributed by atoms with van der Waals surface area (Å²) in [5, 5.41) is 2.97. The minimum absolute atomic E-state index is 0.251. The second-order valence-corrected chi connectivity index (χ2v) is 37.7. The topological polar surface area (TPSA) is 43.1 Å². The first-order chi connectivity index (χ1) is 13.4. The van der Waals surface area contributed by atoms with Crippen molar-refractivity contribution >= 4 is 44.6 Å². The van der Waals surface area contributed by atoms with E-state index in [0.29, 0.717) is 0 Å². The van der Waals surface area contributed by atoms with Gasteiger partial charge in [0.1, 0.15) is 0 Å². The lowest BCUT2D eigenvalue weighted by Gasteiger charge is -2.55. The maximum Gasteiger partial charge on any atom is 0.249 e. The van der Waals surface area contributed by atoms with Gasteiger partial charge in [0.2, 0.25) is 5.91 Å². The molecule has 29 heavy (non-hydrogen) atoms. The molecule has 0 spiro atoms. The average Bonchev–Trinajstić information content (AvgIpc) is 3.08. The molecule has 5 heteroatoms. The Morgan fingerprint density at radius 2 is 1.55 bits per heavy atom. The smallest absolute Gasteiger partial charge is 0.249 e. The van der Waals surface area contributed by atoms with Crippen LogP contribution in [0.5, 0.6) is 0 Å². The molecule has 0 aromatic heterocycles. The average molecular weight is 436 g/mol. The summed E-state index contributed by atoms with van der Waals surface area (Å²) in [5.41, 5.74) is 14.6. The molecule has 0 unspecified atom stereocenters. The summed E-state index contributed by atoms with van der Waals surface area (Å²) in [6, 6.07) is 6.53. The summed E-state index contributed by atoms with van der Waals surface area (Å²) in [5.74, 6) is -0.251. The van der Waals surface area contributed by atoms with Crippen LogP contribution in [0.4, 0.5) is 0 Å². The van der Waals surface area contributed by atoms with Crippen LogP contribution in [0.15, 0.2) is 24.3 Å². The van der Waals surface area contributed by atoms with Crippen molar-refractivity contribution < 1.29 is 4.79 Å². The highest BCUT2D eigenvalue weighted by atomic mass is 29.6. The van der Waals surface area contributed by atoms with Gasteiger partial charge in [-0.1, -0.05) is 80.4 Å². The highest BCUT2D eigenvalue weighted by molar-refractivity contribution is 7.74. The van der Waals surface area contributed by atoms with Crippen LogP contribution in [0.2, 0.25) is 39.3 Å². The third-order valence-corrected chi connectivity index (χ3v) is 50.3. The van der Waals surface area contributed by atoms with Crippen LogP contribution >= 0.6 is 0 Å². The van der Waals surface area contributed by atoms with E-state index in [-0.39, 0.29) is 5.91 Å². The van der Waals surface area contributed by atoms with E-state index in [1.807, 2.05) is 0 Å². The molecule has 1 aliphatic carbocycles. The van der Waals surface area contributed by atoms with Crippen LogP contribution in [0.3, 0.4) is 0 Å². The van der Waals surface area contributed by atoms with Crippen LogP contribution in [0.25, 0.3) is 17.2 Å². The number of carbonyl (C=O) groups is 1. The van der Waals surface area contributed by atoms with Gasteiger partial charge in [0.05, 0.1) is 15.2 Å². The maximum absolute atomic E-state index is 13.0. The minimum atomic E-state index is -1.82. The molecule has 2 nitrogen and oxygen atoms in total. The second kappa shape index (κ2) is 6.15. The molecule has 2 bridgehead atoms. The van der Waals surface area contributed by atoms with Crippen LogP contribution in [-0.4, -0.2) is 28.2 Å². The standard InChI is InChI=1S/C24H33NOSi3/c1-15-20(19-14-10-12-17-11-9-13-18(17)19)21(24(25)26)23-16(2)22(15)27(3,4)29(7,8)28(23,5)6/h9-10,12-14H,11H2,1-8H3,(H2,25,26). The molecular formula is C24H33NOSi3. The van der Waals surface area contributed by atoms with Crippen LogP contribution in [0, 0.1) is 13.8 Å². The molecule has 2 N–H and O–H groups in total. The zero-order chi connectivity index (χ0) is 21.5. The van der Waals surface area contributed by atoms with Gasteiger partial charge in [0.15, 0.2) is 0 Å². The van der Waals surface area contributed by atoms with Gasteiger partial charge in [-0.15, -0.1) is 0 Å². The molecular weight excluding hydrogens is 403 g/mol. The fourth-order valence-corrected chi connectivity index (χ4v) is 40.1. The zero-order valence-electron chi connectivity index (χ0n) is 19.1. The zero-order valence-corrected chi connectivity index (χ0v) is 22.1. The van der Waals surface area contributed by atoms with Crippen molar-refractivity contribution in [2.24, 2.45) is 5.73 Å². The third kappa shape index (κ3) is 2.41. The van der Waals surface area contributed by atoms with Gasteiger partial charge in [-0.2, -0.15) is 0 Å². The van der Waals surface area contributed by atoms with Crippen molar-refractivity contribution in [1.29, 1.82) is 0 Å². The van der Waals surface area contributed by atoms with Crippen molar-refractivity contribution in [3.63, 3.8) is 0 Å². The van der Waals surface area contributed by atoms with Gasteiger partial charge >= 0.3 is 0 Å². The predicted molar refractivity (Wildman–Crippen MR) is 134 cm³/mol. The molecule has 2 aliphatic rings. The van der Waals surface area contributed by atoms with Crippen molar-refractivity contribution in [3.8, 4) is 11.1 Å². The molecule has 1 amide bonds. The Kier molecular flexibility index (Phi) is 4.37. The van der Waals surface area contributed by atoms with Gasteiger partial charge in [-0.05, 0) is 53.3 Å². The van der Waals surface area contributed by atoms with E-state index in [1.54, 1.807) is 5.19 Å². The number of hydrogen-bond donors (Lipinski definition) is 1. The fraction of sp³-hybridized carbons (Fsp3) is 0.375. The Hall–Kier alpha value is -1.70. The minimum Gasteiger partial charge on any atom is -0.366 e. The number of allylic oxidation sites excluding steroid dienone is 1. The van der Waals surface area contributed by atoms with E-state index in [1.165, 1.54) is 33.0 Å². The molecule has 0 atom stereocenters. The lowest BCUT2D eigenvalue weighted by molar-refractivity contribution is 0.100. The van der Waals surface area contributed by atoms with E-state index in [0.717, 1.165) is 17.5 Å². The number of benzene rings is 2. The summed E-state index contributed by atoms with van der Waals surface area (Å²) in [4.78, 5) is 13.0. The Labute approximate surface area is 177 Å². The molecule has 2 aromatic rings. The first kappa shape index (κ1) is 20.6. The number of primary amides is 1. The van der Waals surface area contributed by atoms with Crippen LogP contribution in [-0.2, 0) is 6.42 Å². The van der Waals surface area contributed by atoms with Gasteiger partial charge in [0.25, 0.3) is 0 Å². The number of fused-ring (bicyclic) bond motifs is 3. The van der Waals surface area contributed by atoms with E-state index >= 15 is 0 Å². The third-order valence-electron chi connectivity index (χ3n) is 8.71. The molecule has 4 rings (SSSR count). The maximum atomic E-state index is 13.0. The normalized spacial score (nSPS) is 19.9. The van der Waals surface area contributed by atoms with Gasteiger partial charge < -0.3 is 5.73 Å². The Bertz CT molecular complexity index is 1110. The number of hydrogen-bond acceptors (Lipinski definition) is 1. The summed E-state index contributed by atoms with van der Waals surface area (Å²) in [7, 11) is -5.03. The van der Waals surface area contributed by atoms with Crippen LogP contribution in [0.1, 0.15) is 32.6 Å². The molecule has 0 fully saturated rings. The molecule has 152 valence electrons. The van der Waals surface area contributed by atoms with Gasteiger partial charge in [0, 0.05) is 12.7 Å². The number of carbonyl (C=O) groups excluding carboxylic acids is 1. The van der Waals surface area contributed by atoms with Crippen molar-refractivity contribution in [3.05, 3.63) is 52.1 Å². The largest absolute Gasteiger partial charge is 0.366 e. The second-order valence-electron chi connectivity index (χ2n) is 10.5. The van der Waals surface area contributed by atoms with E-state index in [2.05, 4.69) is 83.5 Å². The van der Waals surface area contributed by atoms with E-state index in [9.17, 15) is 4.79 Å². The lowest BCUT2D eigenvalue weighted by Crippen LogP contribution is -2.83. The number of nitrogens with two attached hydrogens (primary N) is 1. The highest BCUT2D eigenvalue weighted by Gasteiger charge is 2.59. The number of amides is 1. The lowest BCUT2D eigenvalue weighted by atomic mass is 9.88. The van der Waals surface area contributed by atoms with Crippen molar-refractivity contribution in [1.82, 2.24) is 0 Å². The first-order valence-corrected chi connectivity index (χ1v) is 21.6. The molecule has 2 aromatic carbocycles. The van der Waals surface area contributed by atoms with E-state index < -0.39 is 22.3 Å². The Morgan fingerprint density at radius 3 is 2.17 bits per heavy atom. The monoisotopic (exact) mass is 435 g/mol. The molecule has 0 radical (unpaired) electrons. The summed E-state index contributed by atoms with van der Waals surface area (Å²) >= 11 is 0. The summed E-state index contributed by atoms with van der Waals surface area (Å²) in [6.07, 6.45) is 5.42. The molecule has 1 aliphatic heterocycles. The fourth-order valence-electron chi connectivity index (χ4n) is 6.25. The van der Waals surface area contributed by atoms with E-state index in [4.69, 9.17) is 5.73 Å². The Morgan fingerprint density at radius 1 is 0.931 bits per heavy atom.